The van der Waals surface area contributed by atoms with E-state index in [0.717, 1.165) is 61.6 Å². The molecule has 7 aromatic rings. The molecule has 1 aliphatic carbocycles. The maximum atomic E-state index is 4.62. The number of hydrogen-bond donors (Lipinski definition) is 2. The fourth-order valence-corrected chi connectivity index (χ4v) is 6.42. The van der Waals surface area contributed by atoms with Gasteiger partial charge in [-0.15, -0.1) is 11.3 Å². The topological polar surface area (TPSA) is 83.1 Å². The van der Waals surface area contributed by atoms with E-state index in [-0.39, 0.29) is 27.7 Å². The fourth-order valence-electron chi connectivity index (χ4n) is 5.73. The minimum atomic E-state index is 0. The Balaban J connectivity index is 0.000000140. The number of aromatic amines is 2. The normalized spacial score (nSPS) is 11.6. The van der Waals surface area contributed by atoms with Crippen LogP contribution in [-0.4, -0.2) is 40.9 Å². The van der Waals surface area contributed by atoms with Gasteiger partial charge < -0.3 is 9.97 Å². The van der Waals surface area contributed by atoms with Crippen molar-refractivity contribution in [2.45, 2.75) is 6.42 Å². The first-order valence-electron chi connectivity index (χ1n) is 15.1. The smallest absolute Gasteiger partial charge is 0.141 e. The molecule has 0 amide bonds. The summed E-state index contributed by atoms with van der Waals surface area (Å²) in [7, 11) is 0. The Morgan fingerprint density at radius 3 is 1.54 bits per heavy atom. The van der Waals surface area contributed by atoms with Crippen LogP contribution in [0.3, 0.4) is 0 Å². The number of thiophene rings is 1. The first-order valence-corrected chi connectivity index (χ1v) is 15.9. The van der Waals surface area contributed by atoms with Gasteiger partial charge >= 0.3 is 0 Å². The number of fused-ring (bicyclic) bond motifs is 12. The average Bonchev–Trinajstić information content (AvgIpc) is 3.93. The zero-order valence-electron chi connectivity index (χ0n) is 25.6. The van der Waals surface area contributed by atoms with Crippen LogP contribution in [0.25, 0.3) is 67.8 Å². The molecule has 0 saturated heterocycles. The van der Waals surface area contributed by atoms with E-state index >= 15 is 0 Å². The molecule has 2 aliphatic heterocycles. The minimum absolute atomic E-state index is 0. The van der Waals surface area contributed by atoms with Gasteiger partial charge in [0.25, 0.3) is 0 Å². The van der Waals surface area contributed by atoms with Crippen molar-refractivity contribution in [3.63, 3.8) is 0 Å². The first-order chi connectivity index (χ1) is 22.7. The summed E-state index contributed by atoms with van der Waals surface area (Å²) < 4.78 is 0. The molecule has 2 N–H and O–H groups in total. The summed E-state index contributed by atoms with van der Waals surface area (Å²) in [5.74, 6) is 0. The monoisotopic (exact) mass is 699 g/mol. The summed E-state index contributed by atoms with van der Waals surface area (Å²) in [5.41, 5.74) is 14.6. The van der Waals surface area contributed by atoms with E-state index < -0.39 is 0 Å². The van der Waals surface area contributed by atoms with Gasteiger partial charge in [0.05, 0.1) is 28.3 Å². The van der Waals surface area contributed by atoms with Crippen LogP contribution < -0.4 is 0 Å². The van der Waals surface area contributed by atoms with Crippen molar-refractivity contribution in [2.24, 2.45) is 0 Å². The Morgan fingerprint density at radius 1 is 0.521 bits per heavy atom. The van der Waals surface area contributed by atoms with Gasteiger partial charge in [-0.1, -0.05) is 48.5 Å². The maximum Gasteiger partial charge on any atom is 0.141 e. The van der Waals surface area contributed by atoms with Gasteiger partial charge in [0, 0.05) is 62.2 Å². The molecule has 0 spiro atoms. The van der Waals surface area contributed by atoms with Crippen LogP contribution in [0.5, 0.6) is 0 Å². The van der Waals surface area contributed by atoms with Crippen molar-refractivity contribution < 1.29 is 16.8 Å². The van der Waals surface area contributed by atoms with E-state index in [1.807, 2.05) is 53.9 Å². The van der Waals surface area contributed by atoms with Crippen molar-refractivity contribution in [3.8, 4) is 11.1 Å². The molecule has 5 radical (unpaired) electrons. The Hall–Kier alpha value is -5.20. The quantitative estimate of drug-likeness (QED) is 0.155. The second kappa shape index (κ2) is 14.7. The van der Waals surface area contributed by atoms with Gasteiger partial charge in [-0.25, -0.2) is 15.0 Å². The molecule has 7 heterocycles. The minimum Gasteiger partial charge on any atom is -0.355 e. The van der Waals surface area contributed by atoms with E-state index in [0.29, 0.717) is 0 Å². The third kappa shape index (κ3) is 7.35. The number of H-pyrrole nitrogens is 2. The van der Waals surface area contributed by atoms with E-state index in [9.17, 15) is 0 Å². The molecule has 0 atom stereocenters. The Kier molecular flexibility index (Phi) is 10.0. The molecule has 0 saturated carbocycles. The standard InChI is InChI=1S/C20H14N4.C13H10.C6H4N2S.Co.Si/c1-2-14-10-16-5-6-18(23-16)12-20-8-7-19(24-20)11-17-4-3-15(22-17)9-13(1)21-14;1-3-7-12-10(5-1)9-11-6-2-4-8-13(11)12;1-4-9-6-5(1)7-2-3-8-6;;/h1-12,21-22H;1-8H,9H2;1-4H;;. The van der Waals surface area contributed by atoms with Crippen molar-refractivity contribution in [3.05, 3.63) is 155 Å². The van der Waals surface area contributed by atoms with E-state index in [2.05, 4.69) is 109 Å². The fraction of sp³-hybridized carbons (Fsp3) is 0.0256. The van der Waals surface area contributed by atoms with Crippen molar-refractivity contribution in [1.29, 1.82) is 0 Å². The second-order valence-corrected chi connectivity index (χ2v) is 12.0. The van der Waals surface area contributed by atoms with E-state index in [1.54, 1.807) is 23.7 Å². The summed E-state index contributed by atoms with van der Waals surface area (Å²) in [6.07, 6.45) is 12.6. The predicted octanol–water partition coefficient (Wildman–Crippen LogP) is 9.22. The Bertz CT molecular complexity index is 2280. The Labute approximate surface area is 296 Å². The molecule has 0 fully saturated rings. The Morgan fingerprint density at radius 2 is 1.00 bits per heavy atom. The molecule has 8 bridgehead atoms. The number of nitrogens with zero attached hydrogens (tertiary/aromatic N) is 4. The first kappa shape index (κ1) is 32.7. The van der Waals surface area contributed by atoms with Crippen LogP contribution in [0, 0.1) is 0 Å². The van der Waals surface area contributed by atoms with Crippen LogP contribution in [0.2, 0.25) is 0 Å². The van der Waals surface area contributed by atoms with Crippen molar-refractivity contribution in [1.82, 2.24) is 29.9 Å². The van der Waals surface area contributed by atoms with Gasteiger partial charge in [-0.05, 0) is 113 Å². The molecule has 2 aromatic carbocycles. The van der Waals surface area contributed by atoms with Crippen LogP contribution >= 0.6 is 11.3 Å². The maximum absolute atomic E-state index is 4.62. The third-order valence-corrected chi connectivity index (χ3v) is 8.65. The molecule has 5 aromatic heterocycles. The van der Waals surface area contributed by atoms with Gasteiger partial charge in [0.1, 0.15) is 4.83 Å². The molecule has 0 unspecified atom stereocenters. The third-order valence-electron chi connectivity index (χ3n) is 7.84. The van der Waals surface area contributed by atoms with Gasteiger partial charge in [0.2, 0.25) is 0 Å². The zero-order chi connectivity index (χ0) is 30.7. The summed E-state index contributed by atoms with van der Waals surface area (Å²) in [5, 5.41) is 1.99. The summed E-state index contributed by atoms with van der Waals surface area (Å²) in [6, 6.07) is 35.7. The van der Waals surface area contributed by atoms with E-state index in [4.69, 9.17) is 0 Å². The molecule has 3 aliphatic rings. The number of rotatable bonds is 0. The zero-order valence-corrected chi connectivity index (χ0v) is 28.5. The summed E-state index contributed by atoms with van der Waals surface area (Å²) in [4.78, 5) is 25.2. The second-order valence-electron chi connectivity index (χ2n) is 11.1. The number of nitrogens with one attached hydrogen (secondary N) is 2. The van der Waals surface area contributed by atoms with E-state index in [1.165, 1.54) is 22.3 Å². The molecule has 233 valence electrons. The molecule has 48 heavy (non-hydrogen) atoms. The summed E-state index contributed by atoms with van der Waals surface area (Å²) >= 11 is 1.61. The average molecular weight is 700 g/mol. The summed E-state index contributed by atoms with van der Waals surface area (Å²) in [6.45, 7) is 0. The molecular weight excluding hydrogens is 672 g/mol. The number of benzene rings is 2. The molecular formula is C39H28CoN6SSi. The van der Waals surface area contributed by atoms with Crippen molar-refractivity contribution in [2.75, 3.05) is 0 Å². The molecule has 10 rings (SSSR count). The number of aromatic nitrogens is 6. The van der Waals surface area contributed by atoms with Gasteiger partial charge in [-0.3, -0.25) is 4.98 Å². The van der Waals surface area contributed by atoms with Crippen molar-refractivity contribution >= 4 is 79.0 Å². The van der Waals surface area contributed by atoms with Crippen LogP contribution in [0.4, 0.5) is 0 Å². The largest absolute Gasteiger partial charge is 0.355 e. The molecule has 9 heteroatoms. The van der Waals surface area contributed by atoms with Gasteiger partial charge in [-0.2, -0.15) is 0 Å². The number of hydrogen-bond acceptors (Lipinski definition) is 5. The van der Waals surface area contributed by atoms with Gasteiger partial charge in [0.15, 0.2) is 0 Å². The molecule has 6 nitrogen and oxygen atoms in total. The van der Waals surface area contributed by atoms with Crippen LogP contribution in [0.1, 0.15) is 33.9 Å². The predicted molar refractivity (Wildman–Crippen MR) is 197 cm³/mol. The SMILES string of the molecule is C1=Cc2cc3ccc(cc4ccc(cc5nc(cc1n2)C=C5)[nH]4)[nH]3.[Co].[Si].c1ccc2c(c1)Cc1ccccc1-2.c1cnc2sccc2n1. The van der Waals surface area contributed by atoms with Crippen LogP contribution in [0.15, 0.2) is 121 Å². The van der Waals surface area contributed by atoms with Crippen LogP contribution in [-0.2, 0) is 23.2 Å².